The maximum atomic E-state index is 8.78. The number of nitrogens with zero attached hydrogens (tertiary/aromatic N) is 1. The van der Waals surface area contributed by atoms with Gasteiger partial charge in [-0.3, -0.25) is 0 Å². The second-order valence-electron chi connectivity index (χ2n) is 3.83. The molecular weight excluding hydrogens is 323 g/mol. The minimum Gasteiger partial charge on any atom is -0.456 e. The fourth-order valence-electron chi connectivity index (χ4n) is 1.56. The molecule has 0 spiro atoms. The van der Waals surface area contributed by atoms with Crippen LogP contribution < -0.4 is 10.5 Å². The third-order valence-electron chi connectivity index (χ3n) is 2.39. The molecule has 7 heteroatoms. The first-order valence-corrected chi connectivity index (χ1v) is 6.54. The molecule has 3 N–H and O–H groups in total. The van der Waals surface area contributed by atoms with Crippen molar-refractivity contribution < 1.29 is 9.94 Å². The molecule has 2 aromatic rings. The highest BCUT2D eigenvalue weighted by Gasteiger charge is 2.11. The predicted octanol–water partition coefficient (Wildman–Crippen LogP) is 4.53. The third-order valence-corrected chi connectivity index (χ3v) is 3.06. The van der Waals surface area contributed by atoms with E-state index in [9.17, 15) is 0 Å². The molecule has 0 aliphatic carbocycles. The first kappa shape index (κ1) is 14.8. The summed E-state index contributed by atoms with van der Waals surface area (Å²) in [5, 5.41) is 13.0. The average Bonchev–Trinajstić information content (AvgIpc) is 2.38. The lowest BCUT2D eigenvalue weighted by molar-refractivity contribution is 0.318. The van der Waals surface area contributed by atoms with Gasteiger partial charge in [-0.2, -0.15) is 0 Å². The number of benzene rings is 2. The summed E-state index contributed by atoms with van der Waals surface area (Å²) < 4.78 is 5.65. The van der Waals surface area contributed by atoms with Crippen LogP contribution in [0.1, 0.15) is 5.56 Å². The zero-order valence-corrected chi connectivity index (χ0v) is 12.2. The van der Waals surface area contributed by atoms with Crippen LogP contribution in [0, 0.1) is 0 Å². The van der Waals surface area contributed by atoms with Crippen LogP contribution in [0.3, 0.4) is 0 Å². The number of rotatable bonds is 3. The molecule has 2 aromatic carbocycles. The Morgan fingerprint density at radius 3 is 2.25 bits per heavy atom. The fraction of sp³-hybridized carbons (Fsp3) is 0. The molecule has 4 nitrogen and oxygen atoms in total. The molecule has 0 saturated carbocycles. The van der Waals surface area contributed by atoms with Crippen molar-refractivity contribution in [2.45, 2.75) is 0 Å². The van der Waals surface area contributed by atoms with E-state index in [-0.39, 0.29) is 5.84 Å². The van der Waals surface area contributed by atoms with Crippen LogP contribution in [0.2, 0.25) is 15.1 Å². The minimum absolute atomic E-state index is 0.115. The van der Waals surface area contributed by atoms with Gasteiger partial charge in [-0.25, -0.2) is 0 Å². The van der Waals surface area contributed by atoms with Gasteiger partial charge in [-0.1, -0.05) is 40.0 Å². The second kappa shape index (κ2) is 6.22. The van der Waals surface area contributed by atoms with Crippen molar-refractivity contribution in [3.8, 4) is 11.5 Å². The standard InChI is InChI=1S/C13H9Cl3N2O2/c14-7-1-2-12(11(6-7)13(17)18-19)20-10-4-8(15)3-9(16)5-10/h1-6,19H,(H2,17,18). The number of hydrogen-bond acceptors (Lipinski definition) is 3. The molecule has 0 aromatic heterocycles. The number of halogens is 3. The molecule has 0 heterocycles. The second-order valence-corrected chi connectivity index (χ2v) is 5.14. The first-order chi connectivity index (χ1) is 9.49. The van der Waals surface area contributed by atoms with Gasteiger partial charge in [-0.15, -0.1) is 0 Å². The van der Waals surface area contributed by atoms with Crippen LogP contribution in [0.25, 0.3) is 0 Å². The molecular formula is C13H9Cl3N2O2. The molecule has 0 saturated heterocycles. The van der Waals surface area contributed by atoms with E-state index in [1.807, 2.05) is 0 Å². The van der Waals surface area contributed by atoms with Crippen molar-refractivity contribution in [1.29, 1.82) is 0 Å². The Morgan fingerprint density at radius 2 is 1.65 bits per heavy atom. The Labute approximate surface area is 130 Å². The molecule has 0 bridgehead atoms. The number of ether oxygens (including phenoxy) is 1. The van der Waals surface area contributed by atoms with Crippen LogP contribution >= 0.6 is 34.8 Å². The van der Waals surface area contributed by atoms with E-state index in [1.54, 1.807) is 30.3 Å². The van der Waals surface area contributed by atoms with Gasteiger partial charge in [0.1, 0.15) is 11.5 Å². The van der Waals surface area contributed by atoms with Gasteiger partial charge in [0, 0.05) is 15.1 Å². The summed E-state index contributed by atoms with van der Waals surface area (Å²) in [6, 6.07) is 9.53. The van der Waals surface area contributed by atoms with E-state index in [4.69, 9.17) is 50.5 Å². The van der Waals surface area contributed by atoms with Crippen LogP contribution in [0.15, 0.2) is 41.6 Å². The predicted molar refractivity (Wildman–Crippen MR) is 80.5 cm³/mol. The molecule has 104 valence electrons. The zero-order valence-electron chi connectivity index (χ0n) is 9.98. The quantitative estimate of drug-likeness (QED) is 0.376. The third kappa shape index (κ3) is 3.48. The Balaban J connectivity index is 2.43. The molecule has 0 amide bonds. The first-order valence-electron chi connectivity index (χ1n) is 5.41. The van der Waals surface area contributed by atoms with E-state index in [2.05, 4.69) is 5.16 Å². The van der Waals surface area contributed by atoms with Gasteiger partial charge >= 0.3 is 0 Å². The summed E-state index contributed by atoms with van der Waals surface area (Å²) in [4.78, 5) is 0. The fourth-order valence-corrected chi connectivity index (χ4v) is 2.24. The van der Waals surface area contributed by atoms with Crippen LogP contribution in [0.4, 0.5) is 0 Å². The molecule has 0 radical (unpaired) electrons. The maximum absolute atomic E-state index is 8.78. The number of oxime groups is 1. The summed E-state index contributed by atoms with van der Waals surface area (Å²) in [5.74, 6) is 0.676. The molecule has 20 heavy (non-hydrogen) atoms. The van der Waals surface area contributed by atoms with Crippen molar-refractivity contribution in [3.63, 3.8) is 0 Å². The lowest BCUT2D eigenvalue weighted by Crippen LogP contribution is -2.14. The zero-order chi connectivity index (χ0) is 14.7. The Kier molecular flexibility index (Phi) is 4.60. The number of hydrogen-bond donors (Lipinski definition) is 2. The normalized spacial score (nSPS) is 11.4. The van der Waals surface area contributed by atoms with Gasteiger partial charge in [-0.05, 0) is 36.4 Å². The van der Waals surface area contributed by atoms with Crippen molar-refractivity contribution in [3.05, 3.63) is 57.0 Å². The lowest BCUT2D eigenvalue weighted by Gasteiger charge is -2.11. The minimum atomic E-state index is -0.115. The van der Waals surface area contributed by atoms with Crippen molar-refractivity contribution in [2.24, 2.45) is 10.9 Å². The maximum Gasteiger partial charge on any atom is 0.173 e. The van der Waals surface area contributed by atoms with Crippen LogP contribution in [-0.2, 0) is 0 Å². The smallest absolute Gasteiger partial charge is 0.173 e. The van der Waals surface area contributed by atoms with Gasteiger partial charge < -0.3 is 15.7 Å². The van der Waals surface area contributed by atoms with Crippen LogP contribution in [0.5, 0.6) is 11.5 Å². The summed E-state index contributed by atoms with van der Waals surface area (Å²) in [5.41, 5.74) is 5.94. The van der Waals surface area contributed by atoms with E-state index >= 15 is 0 Å². The van der Waals surface area contributed by atoms with E-state index in [0.717, 1.165) is 0 Å². The van der Waals surface area contributed by atoms with Crippen molar-refractivity contribution in [2.75, 3.05) is 0 Å². The van der Waals surface area contributed by atoms with Gasteiger partial charge in [0.2, 0.25) is 0 Å². The molecule has 0 unspecified atom stereocenters. The lowest BCUT2D eigenvalue weighted by atomic mass is 10.2. The van der Waals surface area contributed by atoms with Gasteiger partial charge in [0.25, 0.3) is 0 Å². The summed E-state index contributed by atoms with van der Waals surface area (Å²) in [6.07, 6.45) is 0. The molecule has 0 fully saturated rings. The van der Waals surface area contributed by atoms with Crippen molar-refractivity contribution >= 4 is 40.6 Å². The molecule has 0 aliphatic rings. The SMILES string of the molecule is NC(=NO)c1cc(Cl)ccc1Oc1cc(Cl)cc(Cl)c1. The molecule has 0 aliphatic heterocycles. The van der Waals surface area contributed by atoms with Crippen molar-refractivity contribution in [1.82, 2.24) is 0 Å². The number of nitrogens with two attached hydrogens (primary N) is 1. The Bertz CT molecular complexity index is 654. The summed E-state index contributed by atoms with van der Waals surface area (Å²) in [7, 11) is 0. The number of amidine groups is 1. The topological polar surface area (TPSA) is 67.8 Å². The highest BCUT2D eigenvalue weighted by atomic mass is 35.5. The van der Waals surface area contributed by atoms with Gasteiger partial charge in [0.05, 0.1) is 5.56 Å². The molecule has 2 rings (SSSR count). The monoisotopic (exact) mass is 330 g/mol. The highest BCUT2D eigenvalue weighted by molar-refractivity contribution is 6.34. The van der Waals surface area contributed by atoms with Gasteiger partial charge in [0.15, 0.2) is 5.84 Å². The molecule has 0 atom stereocenters. The largest absolute Gasteiger partial charge is 0.456 e. The highest BCUT2D eigenvalue weighted by Crippen LogP contribution is 2.31. The van der Waals surface area contributed by atoms with E-state index in [0.29, 0.717) is 32.1 Å². The Hall–Kier alpha value is -1.62. The van der Waals surface area contributed by atoms with Crippen LogP contribution in [-0.4, -0.2) is 11.0 Å². The van der Waals surface area contributed by atoms with E-state index in [1.165, 1.54) is 6.07 Å². The summed E-state index contributed by atoms with van der Waals surface area (Å²) in [6.45, 7) is 0. The summed E-state index contributed by atoms with van der Waals surface area (Å²) >= 11 is 17.7. The Morgan fingerprint density at radius 1 is 1.00 bits per heavy atom. The average molecular weight is 332 g/mol. The van der Waals surface area contributed by atoms with E-state index < -0.39 is 0 Å².